The summed E-state index contributed by atoms with van der Waals surface area (Å²) in [5, 5.41) is 0. The van der Waals surface area contributed by atoms with Gasteiger partial charge < -0.3 is 0 Å². The molecule has 0 bridgehead atoms. The zero-order valence-electron chi connectivity index (χ0n) is 35.5. The lowest BCUT2D eigenvalue weighted by Crippen LogP contribution is -2.15. The molecule has 1 heterocycles. The monoisotopic (exact) mass is 803 g/mol. The first kappa shape index (κ1) is 38.1. The average molecular weight is 804 g/mol. The Balaban J connectivity index is 1.00. The molecule has 0 N–H and O–H groups in total. The highest BCUT2D eigenvalue weighted by Gasteiger charge is 2.36. The van der Waals surface area contributed by atoms with Gasteiger partial charge in [0.1, 0.15) is 0 Å². The molecule has 10 aromatic rings. The maximum atomic E-state index is 5.30. The fourth-order valence-electron chi connectivity index (χ4n) is 9.51. The van der Waals surface area contributed by atoms with Crippen molar-refractivity contribution in [2.24, 2.45) is 0 Å². The summed E-state index contributed by atoms with van der Waals surface area (Å²) in [6.45, 7) is 4.73. The van der Waals surface area contributed by atoms with Gasteiger partial charge in [-0.1, -0.05) is 214 Å². The van der Waals surface area contributed by atoms with E-state index in [-0.39, 0.29) is 5.41 Å². The summed E-state index contributed by atoms with van der Waals surface area (Å²) in [6.07, 6.45) is 0. The lowest BCUT2D eigenvalue weighted by molar-refractivity contribution is 0.660. The molecule has 0 amide bonds. The molecule has 0 saturated carbocycles. The summed E-state index contributed by atoms with van der Waals surface area (Å²) in [5.74, 6) is 0. The van der Waals surface area contributed by atoms with E-state index in [0.717, 1.165) is 39.2 Å². The SMILES string of the molecule is CC1(C)c2ccccc2-c2cc(-c3ccc(-c4ccccc4)cc3)c(-c3cccc(-c4cccc(-c5cc(-c6ccc(-c7ccccc7)cc6)cc(-c6ccccc6)n5)c4)c3)cc21. The predicted molar refractivity (Wildman–Crippen MR) is 265 cm³/mol. The van der Waals surface area contributed by atoms with Gasteiger partial charge in [-0.2, -0.15) is 0 Å². The molecule has 0 aliphatic heterocycles. The van der Waals surface area contributed by atoms with E-state index < -0.39 is 0 Å². The second-order valence-corrected chi connectivity index (χ2v) is 17.2. The van der Waals surface area contributed by atoms with E-state index in [9.17, 15) is 0 Å². The van der Waals surface area contributed by atoms with Crippen molar-refractivity contribution in [2.75, 3.05) is 0 Å². The maximum Gasteiger partial charge on any atom is 0.0715 e. The molecule has 0 unspecified atom stereocenters. The molecule has 9 aromatic carbocycles. The van der Waals surface area contributed by atoms with Crippen molar-refractivity contribution < 1.29 is 0 Å². The van der Waals surface area contributed by atoms with Crippen LogP contribution in [0.25, 0.3) is 100 Å². The van der Waals surface area contributed by atoms with Gasteiger partial charge in [-0.25, -0.2) is 4.98 Å². The van der Waals surface area contributed by atoms with Crippen molar-refractivity contribution in [3.8, 4) is 100 Å². The van der Waals surface area contributed by atoms with Crippen LogP contribution in [-0.4, -0.2) is 4.98 Å². The van der Waals surface area contributed by atoms with Gasteiger partial charge in [0, 0.05) is 16.5 Å². The first-order valence-electron chi connectivity index (χ1n) is 21.9. The molecule has 0 fully saturated rings. The third kappa shape index (κ3) is 7.18. The average Bonchev–Trinajstić information content (AvgIpc) is 3.59. The number of nitrogens with zero attached hydrogens (tertiary/aromatic N) is 1. The maximum absolute atomic E-state index is 5.30. The van der Waals surface area contributed by atoms with Crippen molar-refractivity contribution >= 4 is 0 Å². The Morgan fingerprint density at radius 1 is 0.238 bits per heavy atom. The molecule has 63 heavy (non-hydrogen) atoms. The van der Waals surface area contributed by atoms with Gasteiger partial charge in [-0.05, 0) is 125 Å². The number of hydrogen-bond donors (Lipinski definition) is 0. The first-order valence-corrected chi connectivity index (χ1v) is 21.9. The molecule has 0 atom stereocenters. The third-order valence-electron chi connectivity index (χ3n) is 12.9. The minimum atomic E-state index is -0.119. The molecule has 1 nitrogen and oxygen atoms in total. The molecule has 1 aliphatic rings. The number of benzene rings is 9. The summed E-state index contributed by atoms with van der Waals surface area (Å²) < 4.78 is 0. The molecule has 0 spiro atoms. The van der Waals surface area contributed by atoms with Gasteiger partial charge in [0.05, 0.1) is 11.4 Å². The lowest BCUT2D eigenvalue weighted by Gasteiger charge is -2.23. The fourth-order valence-corrected chi connectivity index (χ4v) is 9.51. The Morgan fingerprint density at radius 3 is 1.25 bits per heavy atom. The van der Waals surface area contributed by atoms with Crippen LogP contribution in [0, 0.1) is 0 Å². The molecule has 0 radical (unpaired) electrons. The zero-order chi connectivity index (χ0) is 42.3. The number of hydrogen-bond acceptors (Lipinski definition) is 1. The Morgan fingerprint density at radius 2 is 0.651 bits per heavy atom. The van der Waals surface area contributed by atoms with E-state index in [4.69, 9.17) is 4.98 Å². The molecular weight excluding hydrogens is 759 g/mol. The van der Waals surface area contributed by atoms with Gasteiger partial charge in [-0.15, -0.1) is 0 Å². The largest absolute Gasteiger partial charge is 0.248 e. The van der Waals surface area contributed by atoms with Crippen LogP contribution in [0.1, 0.15) is 25.0 Å². The van der Waals surface area contributed by atoms with E-state index >= 15 is 0 Å². The predicted octanol–water partition coefficient (Wildman–Crippen LogP) is 16.7. The molecule has 0 saturated heterocycles. The second kappa shape index (κ2) is 15.9. The smallest absolute Gasteiger partial charge is 0.0715 e. The summed E-state index contributed by atoms with van der Waals surface area (Å²) >= 11 is 0. The normalized spacial score (nSPS) is 12.4. The van der Waals surface area contributed by atoms with Crippen molar-refractivity contribution in [2.45, 2.75) is 19.3 Å². The topological polar surface area (TPSA) is 12.9 Å². The number of aromatic nitrogens is 1. The summed E-state index contributed by atoms with van der Waals surface area (Å²) in [4.78, 5) is 5.30. The molecule has 11 rings (SSSR count). The minimum Gasteiger partial charge on any atom is -0.248 e. The van der Waals surface area contributed by atoms with E-state index in [0.29, 0.717) is 0 Å². The minimum absolute atomic E-state index is 0.119. The number of fused-ring (bicyclic) bond motifs is 3. The molecule has 1 aromatic heterocycles. The van der Waals surface area contributed by atoms with Crippen LogP contribution in [0.15, 0.2) is 237 Å². The van der Waals surface area contributed by atoms with Gasteiger partial charge in [0.2, 0.25) is 0 Å². The van der Waals surface area contributed by atoms with E-state index in [2.05, 4.69) is 250 Å². The highest BCUT2D eigenvalue weighted by Crippen LogP contribution is 2.52. The van der Waals surface area contributed by atoms with E-state index in [1.165, 1.54) is 72.3 Å². The fraction of sp³-hybridized carbons (Fsp3) is 0.0484. The number of rotatable bonds is 8. The zero-order valence-corrected chi connectivity index (χ0v) is 35.5. The highest BCUT2D eigenvalue weighted by molar-refractivity contribution is 5.94. The Hall–Kier alpha value is -7.87. The molecule has 1 heteroatoms. The Kier molecular flexibility index (Phi) is 9.59. The van der Waals surface area contributed by atoms with Crippen LogP contribution < -0.4 is 0 Å². The highest BCUT2D eigenvalue weighted by atomic mass is 14.7. The standard InChI is InChI=1S/C62H45N/c1-62(2)58-27-13-12-26-54(58)57-40-55(47-34-32-45(33-35-47)43-18-8-4-9-19-43)56(41-59(57)62)51-24-14-22-49(36-51)50-23-15-25-52(37-50)61-39-53(38-60(63-61)48-20-10-5-11-21-48)46-30-28-44(29-31-46)42-16-6-3-7-17-42/h3-41H,1-2H3. The second-order valence-electron chi connectivity index (χ2n) is 17.2. The summed E-state index contributed by atoms with van der Waals surface area (Å²) in [5.41, 5.74) is 23.7. The van der Waals surface area contributed by atoms with Gasteiger partial charge in [0.25, 0.3) is 0 Å². The Bertz CT molecular complexity index is 3250. The summed E-state index contributed by atoms with van der Waals surface area (Å²) in [6, 6.07) is 85.9. The van der Waals surface area contributed by atoms with Crippen LogP contribution in [0.3, 0.4) is 0 Å². The van der Waals surface area contributed by atoms with E-state index in [1.54, 1.807) is 0 Å². The lowest BCUT2D eigenvalue weighted by atomic mass is 9.80. The molecular formula is C62H45N. The summed E-state index contributed by atoms with van der Waals surface area (Å²) in [7, 11) is 0. The van der Waals surface area contributed by atoms with E-state index in [1.807, 2.05) is 0 Å². The Labute approximate surface area is 370 Å². The van der Waals surface area contributed by atoms with Crippen LogP contribution >= 0.6 is 0 Å². The van der Waals surface area contributed by atoms with Crippen molar-refractivity contribution in [1.29, 1.82) is 0 Å². The van der Waals surface area contributed by atoms with Crippen LogP contribution in [-0.2, 0) is 5.41 Å². The van der Waals surface area contributed by atoms with Gasteiger partial charge >= 0.3 is 0 Å². The molecule has 298 valence electrons. The third-order valence-corrected chi connectivity index (χ3v) is 12.9. The van der Waals surface area contributed by atoms with Crippen molar-refractivity contribution in [3.05, 3.63) is 248 Å². The molecule has 1 aliphatic carbocycles. The van der Waals surface area contributed by atoms with Crippen LogP contribution in [0.2, 0.25) is 0 Å². The van der Waals surface area contributed by atoms with Crippen LogP contribution in [0.4, 0.5) is 0 Å². The quantitative estimate of drug-likeness (QED) is 0.149. The van der Waals surface area contributed by atoms with Gasteiger partial charge in [-0.3, -0.25) is 0 Å². The van der Waals surface area contributed by atoms with Crippen molar-refractivity contribution in [3.63, 3.8) is 0 Å². The van der Waals surface area contributed by atoms with Gasteiger partial charge in [0.15, 0.2) is 0 Å². The first-order chi connectivity index (χ1) is 31.0. The van der Waals surface area contributed by atoms with Crippen LogP contribution in [0.5, 0.6) is 0 Å². The number of pyridine rings is 1. The van der Waals surface area contributed by atoms with Crippen molar-refractivity contribution in [1.82, 2.24) is 4.98 Å².